The summed E-state index contributed by atoms with van der Waals surface area (Å²) in [5, 5.41) is 3.45. The molecule has 0 aromatic heterocycles. The molecule has 2 aromatic rings. The van der Waals surface area contributed by atoms with E-state index in [2.05, 4.69) is 15.9 Å². The van der Waals surface area contributed by atoms with E-state index in [9.17, 15) is 53.5 Å². The van der Waals surface area contributed by atoms with Crippen LogP contribution < -0.4 is 10.6 Å². The van der Waals surface area contributed by atoms with Crippen molar-refractivity contribution in [2.45, 2.75) is 44.0 Å². The largest absolute Gasteiger partial charge is 0.417 e. The predicted molar refractivity (Wildman–Crippen MR) is 124 cm³/mol. The molecule has 2 N–H and O–H groups in total. The van der Waals surface area contributed by atoms with Gasteiger partial charge in [0.15, 0.2) is 0 Å². The van der Waals surface area contributed by atoms with Gasteiger partial charge in [-0.1, -0.05) is 33.6 Å². The highest BCUT2D eigenvalue weighted by molar-refractivity contribution is 9.10. The van der Waals surface area contributed by atoms with E-state index in [0.717, 1.165) is 19.1 Å². The van der Waals surface area contributed by atoms with E-state index in [4.69, 9.17) is 11.6 Å². The smallest absolute Gasteiger partial charge is 0.336 e. The van der Waals surface area contributed by atoms with Crippen LogP contribution in [0.25, 0.3) is 5.83 Å². The number of amides is 2. The Balaban J connectivity index is 2.41. The van der Waals surface area contributed by atoms with Crippen LogP contribution in [0.3, 0.4) is 0 Å². The fourth-order valence-electron chi connectivity index (χ4n) is 3.29. The lowest BCUT2D eigenvalue weighted by Crippen LogP contribution is -2.47. The minimum Gasteiger partial charge on any atom is -0.336 e. The average molecular weight is 658 g/mol. The van der Waals surface area contributed by atoms with Crippen LogP contribution in [0.2, 0.25) is 5.02 Å². The van der Waals surface area contributed by atoms with Gasteiger partial charge in [0, 0.05) is 15.1 Å². The third-order valence-electron chi connectivity index (χ3n) is 4.84. The number of carbonyl (C=O) groups excluding carboxylic acids is 2. The van der Waals surface area contributed by atoms with Gasteiger partial charge in [-0.25, -0.2) is 4.39 Å². The molecule has 0 radical (unpaired) electrons. The average Bonchev–Trinajstić information content (AvgIpc) is 2.73. The monoisotopic (exact) mass is 656 g/mol. The van der Waals surface area contributed by atoms with E-state index < -0.39 is 76.9 Å². The third-order valence-corrected chi connectivity index (χ3v) is 5.52. The van der Waals surface area contributed by atoms with Crippen LogP contribution in [0.5, 0.6) is 0 Å². The summed E-state index contributed by atoms with van der Waals surface area (Å²) in [5.41, 5.74) is -4.32. The number of rotatable bonds is 7. The number of carbonyl (C=O) groups is 2. The fourth-order valence-corrected chi connectivity index (χ4v) is 4.17. The fraction of sp³-hybridized carbons (Fsp3) is 0.304. The molecule has 39 heavy (non-hydrogen) atoms. The molecule has 0 aliphatic carbocycles. The lowest BCUT2D eigenvalue weighted by atomic mass is 9.95. The Labute approximate surface area is 227 Å². The summed E-state index contributed by atoms with van der Waals surface area (Å²) < 4.78 is 134. The lowest BCUT2D eigenvalue weighted by molar-refractivity contribution is -0.154. The summed E-state index contributed by atoms with van der Waals surface area (Å²) in [5.74, 6) is -7.38. The molecule has 0 saturated carbocycles. The van der Waals surface area contributed by atoms with Crippen molar-refractivity contribution in [2.24, 2.45) is 0 Å². The first-order valence-electron chi connectivity index (χ1n) is 10.5. The van der Waals surface area contributed by atoms with E-state index in [-0.39, 0.29) is 21.6 Å². The molecule has 2 unspecified atom stereocenters. The summed E-state index contributed by atoms with van der Waals surface area (Å²) in [4.78, 5) is 23.7. The second-order valence-corrected chi connectivity index (χ2v) is 9.40. The summed E-state index contributed by atoms with van der Waals surface area (Å²) in [6.07, 6.45) is -18.7. The molecule has 0 fully saturated rings. The SMILES string of the molecule is CC(NC(=O)CC(F)(F)F)NC(=O)c1ccc(/C(F)=C/C(c2cc(Cl)cc(Br)c2)C(F)(F)F)cc1C(F)(F)F. The zero-order valence-corrected chi connectivity index (χ0v) is 21.6. The molecule has 4 nitrogen and oxygen atoms in total. The first-order chi connectivity index (χ1) is 17.7. The van der Waals surface area contributed by atoms with Crippen LogP contribution in [-0.4, -0.2) is 30.3 Å². The second-order valence-electron chi connectivity index (χ2n) is 8.05. The Hall–Kier alpha value is -2.81. The number of hydrogen-bond acceptors (Lipinski definition) is 2. The van der Waals surface area contributed by atoms with Crippen LogP contribution in [0.4, 0.5) is 43.9 Å². The summed E-state index contributed by atoms with van der Waals surface area (Å²) in [6.45, 7) is 0.974. The molecule has 2 atom stereocenters. The zero-order chi connectivity index (χ0) is 29.9. The maximum atomic E-state index is 14.9. The van der Waals surface area contributed by atoms with Gasteiger partial charge in [0.2, 0.25) is 5.91 Å². The number of allylic oxidation sites excluding steroid dienone is 1. The number of hydrogen-bond donors (Lipinski definition) is 2. The second kappa shape index (κ2) is 12.1. The number of halogens is 12. The predicted octanol–water partition coefficient (Wildman–Crippen LogP) is 7.92. The van der Waals surface area contributed by atoms with Crippen LogP contribution >= 0.6 is 27.5 Å². The van der Waals surface area contributed by atoms with Crippen molar-refractivity contribution in [1.29, 1.82) is 0 Å². The molecule has 0 heterocycles. The quantitative estimate of drug-likeness (QED) is 0.235. The highest BCUT2D eigenvalue weighted by Gasteiger charge is 2.41. The summed E-state index contributed by atoms with van der Waals surface area (Å²) in [7, 11) is 0. The Kier molecular flexibility index (Phi) is 10.1. The zero-order valence-electron chi connectivity index (χ0n) is 19.3. The third kappa shape index (κ3) is 9.71. The van der Waals surface area contributed by atoms with Crippen molar-refractivity contribution in [3.63, 3.8) is 0 Å². The summed E-state index contributed by atoms with van der Waals surface area (Å²) >= 11 is 8.71. The van der Waals surface area contributed by atoms with E-state index in [1.807, 2.05) is 5.32 Å². The van der Waals surface area contributed by atoms with Crippen LogP contribution in [0, 0.1) is 0 Å². The van der Waals surface area contributed by atoms with Crippen molar-refractivity contribution in [3.8, 4) is 0 Å². The van der Waals surface area contributed by atoms with Gasteiger partial charge < -0.3 is 10.6 Å². The number of benzene rings is 2. The van der Waals surface area contributed by atoms with Gasteiger partial charge in [-0.15, -0.1) is 0 Å². The van der Waals surface area contributed by atoms with Gasteiger partial charge in [0.05, 0.1) is 17.3 Å². The van der Waals surface area contributed by atoms with Crippen LogP contribution in [-0.2, 0) is 11.0 Å². The Morgan fingerprint density at radius 2 is 1.59 bits per heavy atom. The van der Waals surface area contributed by atoms with Gasteiger partial charge >= 0.3 is 18.5 Å². The van der Waals surface area contributed by atoms with Gasteiger partial charge in [-0.05, 0) is 48.9 Å². The molecule has 0 aliphatic rings. The summed E-state index contributed by atoms with van der Waals surface area (Å²) in [6, 6.07) is 4.36. The van der Waals surface area contributed by atoms with Crippen molar-refractivity contribution in [3.05, 3.63) is 74.2 Å². The van der Waals surface area contributed by atoms with Crippen LogP contribution in [0.1, 0.15) is 46.3 Å². The molecule has 2 amide bonds. The molecule has 16 heteroatoms. The molecule has 214 valence electrons. The Morgan fingerprint density at radius 3 is 2.10 bits per heavy atom. The maximum absolute atomic E-state index is 14.9. The minimum atomic E-state index is -5.30. The van der Waals surface area contributed by atoms with E-state index in [1.54, 1.807) is 5.32 Å². The van der Waals surface area contributed by atoms with Crippen molar-refractivity contribution < 1.29 is 53.5 Å². The first kappa shape index (κ1) is 32.4. The lowest BCUT2D eigenvalue weighted by Gasteiger charge is -2.20. The van der Waals surface area contributed by atoms with Crippen molar-refractivity contribution in [1.82, 2.24) is 10.6 Å². The van der Waals surface area contributed by atoms with Gasteiger partial charge in [0.25, 0.3) is 5.91 Å². The Bertz CT molecular complexity index is 1240. The minimum absolute atomic E-state index is 0.0472. The molecular formula is C23H16BrClF10N2O2. The standard InChI is InChI=1S/C23H16BrClF10N2O2/c1-10(36-19(38)9-21(27,28)29)37-20(39)15-3-2-11(6-17(15)23(33,34)35)18(26)8-16(22(30,31)32)12-4-13(24)7-14(25)5-12/h2-8,10,16H,9H2,1H3,(H,36,38)(H,37,39)/b18-8-. The highest BCUT2D eigenvalue weighted by atomic mass is 79.9. The van der Waals surface area contributed by atoms with Crippen molar-refractivity contribution >= 4 is 45.2 Å². The molecule has 0 spiro atoms. The van der Waals surface area contributed by atoms with E-state index in [0.29, 0.717) is 12.1 Å². The maximum Gasteiger partial charge on any atom is 0.417 e. The molecule has 0 bridgehead atoms. The topological polar surface area (TPSA) is 58.2 Å². The molecule has 2 rings (SSSR count). The van der Waals surface area contributed by atoms with E-state index >= 15 is 0 Å². The van der Waals surface area contributed by atoms with Gasteiger partial charge in [-0.3, -0.25) is 9.59 Å². The molecular weight excluding hydrogens is 642 g/mol. The molecule has 0 aliphatic heterocycles. The normalized spacial score (nSPS) is 14.5. The first-order valence-corrected chi connectivity index (χ1v) is 11.6. The van der Waals surface area contributed by atoms with E-state index in [1.165, 1.54) is 6.07 Å². The van der Waals surface area contributed by atoms with Gasteiger partial charge in [-0.2, -0.15) is 39.5 Å². The number of alkyl halides is 9. The van der Waals surface area contributed by atoms with Crippen molar-refractivity contribution in [2.75, 3.05) is 0 Å². The van der Waals surface area contributed by atoms with Gasteiger partial charge in [0.1, 0.15) is 18.2 Å². The Morgan fingerprint density at radius 1 is 0.974 bits per heavy atom. The molecule has 2 aromatic carbocycles. The highest BCUT2D eigenvalue weighted by Crippen LogP contribution is 2.41. The molecule has 0 saturated heterocycles. The number of nitrogens with one attached hydrogen (secondary N) is 2. The van der Waals surface area contributed by atoms with Crippen LogP contribution in [0.15, 0.2) is 46.9 Å².